The third-order valence-corrected chi connectivity index (χ3v) is 14.6. The molecule has 5 aromatic carbocycles. The van der Waals surface area contributed by atoms with E-state index < -0.39 is 53.6 Å². The van der Waals surface area contributed by atoms with E-state index in [0.29, 0.717) is 44.2 Å². The van der Waals surface area contributed by atoms with Crippen molar-refractivity contribution in [2.45, 2.75) is 55.8 Å². The molecule has 1 amide bonds. The number of benzene rings is 5. The van der Waals surface area contributed by atoms with Crippen LogP contribution < -0.4 is 25.3 Å². The van der Waals surface area contributed by atoms with Gasteiger partial charge in [-0.1, -0.05) is 65.9 Å². The second-order valence-electron chi connectivity index (χ2n) is 15.7. The zero-order valence-electron chi connectivity index (χ0n) is 36.5. The Hall–Kier alpha value is -6.61. The Bertz CT molecular complexity index is 2970. The van der Waals surface area contributed by atoms with Crippen LogP contribution in [0.25, 0.3) is 32.7 Å². The summed E-state index contributed by atoms with van der Waals surface area (Å²) in [6.45, 7) is 4.36. The van der Waals surface area contributed by atoms with E-state index in [1.807, 2.05) is 18.2 Å². The number of thiazole rings is 1. The molecule has 0 aliphatic carbocycles. The van der Waals surface area contributed by atoms with Crippen molar-refractivity contribution in [3.8, 4) is 39.8 Å². The summed E-state index contributed by atoms with van der Waals surface area (Å²) in [6, 6.07) is 29.1. The monoisotopic (exact) mass is 940 g/mol. The molecule has 17 nitrogen and oxygen atoms in total. The van der Waals surface area contributed by atoms with Crippen molar-refractivity contribution in [3.63, 3.8) is 0 Å². The van der Waals surface area contributed by atoms with Crippen LogP contribution in [0.1, 0.15) is 37.5 Å². The van der Waals surface area contributed by atoms with Crippen molar-refractivity contribution >= 4 is 52.6 Å². The summed E-state index contributed by atoms with van der Waals surface area (Å²) in [5.41, 5.74) is 8.32. The van der Waals surface area contributed by atoms with E-state index in [-0.39, 0.29) is 41.7 Å². The largest absolute Gasteiger partial charge is 0.497 e. The highest BCUT2D eigenvalue weighted by molar-refractivity contribution is 7.93. The molecule has 340 valence electrons. The minimum atomic E-state index is -4.92. The number of tetrazole rings is 1. The number of rotatable bonds is 17. The van der Waals surface area contributed by atoms with Crippen LogP contribution in [0.5, 0.6) is 17.2 Å². The van der Waals surface area contributed by atoms with Gasteiger partial charge in [0.05, 0.1) is 54.3 Å². The molecule has 65 heavy (non-hydrogen) atoms. The van der Waals surface area contributed by atoms with Gasteiger partial charge in [0.2, 0.25) is 15.8 Å². The molecule has 3 N–H and O–H groups in total. The van der Waals surface area contributed by atoms with Crippen molar-refractivity contribution in [1.29, 1.82) is 0 Å². The van der Waals surface area contributed by atoms with Crippen LogP contribution >= 0.6 is 11.3 Å². The Balaban J connectivity index is 1.47. The molecule has 7 aromatic rings. The summed E-state index contributed by atoms with van der Waals surface area (Å²) in [4.78, 5) is 17.4. The summed E-state index contributed by atoms with van der Waals surface area (Å²) >= 11 is 1.24. The number of hydrogen-bond acceptors (Lipinski definition) is 15. The van der Waals surface area contributed by atoms with Crippen LogP contribution in [0.15, 0.2) is 113 Å². The number of carbonyl (C=O) groups excluding carboxylic acids is 1. The number of aromatic nitrogens is 5. The number of methoxy groups -OCH3 is 3. The number of carbonyl (C=O) groups is 1. The number of amides is 1. The molecule has 0 spiro atoms. The first-order valence-corrected chi connectivity index (χ1v) is 24.1. The predicted octanol–water partition coefficient (Wildman–Crippen LogP) is 6.96. The van der Waals surface area contributed by atoms with Crippen LogP contribution in [0.2, 0.25) is 0 Å². The normalized spacial score (nSPS) is 12.0. The van der Waals surface area contributed by atoms with Gasteiger partial charge in [-0.2, -0.15) is 9.10 Å². The number of para-hydroxylation sites is 1. The van der Waals surface area contributed by atoms with Crippen LogP contribution in [0.3, 0.4) is 0 Å². The van der Waals surface area contributed by atoms with Gasteiger partial charge in [0.1, 0.15) is 27.7 Å². The van der Waals surface area contributed by atoms with Gasteiger partial charge in [0.25, 0.3) is 0 Å². The second kappa shape index (κ2) is 19.2. The Labute approximate surface area is 381 Å². The Morgan fingerprint density at radius 1 is 0.769 bits per heavy atom. The van der Waals surface area contributed by atoms with E-state index in [2.05, 4.69) is 20.6 Å². The number of anilines is 1. The van der Waals surface area contributed by atoms with Gasteiger partial charge in [-0.05, 0) is 96.8 Å². The fraction of sp³-hybridized carbons (Fsp3) is 0.267. The number of sulfone groups is 1. The van der Waals surface area contributed by atoms with Crippen LogP contribution in [-0.4, -0.2) is 91.7 Å². The summed E-state index contributed by atoms with van der Waals surface area (Å²) in [5, 5.41) is 16.2. The van der Waals surface area contributed by atoms with E-state index in [0.717, 1.165) is 5.56 Å². The Kier molecular flexibility index (Phi) is 13.7. The third-order valence-electron chi connectivity index (χ3n) is 10.0. The van der Waals surface area contributed by atoms with E-state index in [1.54, 1.807) is 101 Å². The molecule has 0 unspecified atom stereocenters. The van der Waals surface area contributed by atoms with Gasteiger partial charge in [0.15, 0.2) is 15.0 Å². The average Bonchev–Trinajstić information content (AvgIpc) is 3.91. The molecule has 20 heteroatoms. The number of sulfonamides is 1. The van der Waals surface area contributed by atoms with Crippen molar-refractivity contribution < 1.29 is 40.6 Å². The van der Waals surface area contributed by atoms with Gasteiger partial charge in [-0.25, -0.2) is 26.6 Å². The van der Waals surface area contributed by atoms with Gasteiger partial charge in [0, 0.05) is 25.2 Å². The minimum Gasteiger partial charge on any atom is -0.497 e. The lowest BCUT2D eigenvalue weighted by molar-refractivity contribution is 0.0531. The van der Waals surface area contributed by atoms with Crippen molar-refractivity contribution in [1.82, 2.24) is 34.8 Å². The summed E-state index contributed by atoms with van der Waals surface area (Å²) in [5.74, 6) is 0.889. The van der Waals surface area contributed by atoms with E-state index >= 15 is 8.42 Å². The van der Waals surface area contributed by atoms with E-state index in [9.17, 15) is 13.2 Å². The number of hydrogen-bond donors (Lipinski definition) is 2. The van der Waals surface area contributed by atoms with Gasteiger partial charge in [-0.3, -0.25) is 0 Å². The smallest absolute Gasteiger partial charge is 0.407 e. The molecule has 0 fully saturated rings. The Morgan fingerprint density at radius 3 is 1.89 bits per heavy atom. The first kappa shape index (κ1) is 46.4. The number of nitrogens with zero attached hydrogens (tertiary/aromatic N) is 6. The van der Waals surface area contributed by atoms with Crippen molar-refractivity contribution in [2.75, 3.05) is 39.4 Å². The highest BCUT2D eigenvalue weighted by Crippen LogP contribution is 2.44. The maximum atomic E-state index is 16.0. The molecule has 0 radical (unpaired) electrons. The topological polar surface area (TPSA) is 220 Å². The minimum absolute atomic E-state index is 0.127. The molecule has 0 saturated heterocycles. The quantitative estimate of drug-likeness (QED) is 0.0943. The van der Waals surface area contributed by atoms with Crippen LogP contribution in [0, 0.1) is 0 Å². The molecule has 0 bridgehead atoms. The molecular formula is C45H48N8O9S3. The number of nitrogen functional groups attached to an aromatic ring is 1. The lowest BCUT2D eigenvalue weighted by Gasteiger charge is -2.26. The lowest BCUT2D eigenvalue weighted by Crippen LogP contribution is -2.35. The van der Waals surface area contributed by atoms with Crippen molar-refractivity contribution in [3.05, 3.63) is 120 Å². The zero-order valence-corrected chi connectivity index (χ0v) is 39.0. The third kappa shape index (κ3) is 10.8. The molecule has 2 heterocycles. The van der Waals surface area contributed by atoms with Crippen molar-refractivity contribution in [2.24, 2.45) is 0 Å². The maximum absolute atomic E-state index is 16.0. The standard InChI is InChI=1S/C45H48N8O9S3/c1-45(2,3)62-44(54)47-24-25-64(55,56)38-23-22-35(36-8-7-9-37-40(36)48-43(46)63-37)39(42-49-51-53(50-42)28-31-14-20-34(61-6)21-15-31)41(38)65(57,58)52(26-29-10-16-32(59-4)17-11-29)27-30-12-18-33(60-5)19-13-30/h7-23H,24-28H2,1-6H3,(H2,46,48)(H,47,54). The lowest BCUT2D eigenvalue weighted by atomic mass is 9.98. The molecule has 7 rings (SSSR count). The second-order valence-corrected chi connectivity index (χ2v) is 20.7. The van der Waals surface area contributed by atoms with Gasteiger partial charge >= 0.3 is 6.09 Å². The number of nitrogens with two attached hydrogens (primary N) is 1. The fourth-order valence-corrected chi connectivity index (χ4v) is 11.3. The predicted molar refractivity (Wildman–Crippen MR) is 247 cm³/mol. The number of ether oxygens (including phenoxy) is 4. The molecule has 0 aliphatic heterocycles. The number of alkyl carbamates (subject to hydrolysis) is 1. The molecule has 0 atom stereocenters. The molecule has 0 aliphatic rings. The summed E-state index contributed by atoms with van der Waals surface area (Å²) in [6.07, 6.45) is -0.838. The SMILES string of the molecule is COc1ccc(CN(Cc2ccc(OC)cc2)S(=O)(=O)c2c(S(=O)(=O)CCNC(=O)OC(C)(C)C)ccc(-c3cccc4sc(N)nc34)c2-c2nnn(Cc3ccc(OC)cc3)n2)cc1. The average molecular weight is 941 g/mol. The van der Waals surface area contributed by atoms with Gasteiger partial charge in [-0.15, -0.1) is 10.2 Å². The number of fused-ring (bicyclic) bond motifs is 1. The summed E-state index contributed by atoms with van der Waals surface area (Å²) in [7, 11) is -4.87. The van der Waals surface area contributed by atoms with E-state index in [4.69, 9.17) is 29.8 Å². The Morgan fingerprint density at radius 2 is 1.34 bits per heavy atom. The molecule has 2 aromatic heterocycles. The highest BCUT2D eigenvalue weighted by Gasteiger charge is 2.38. The number of nitrogens with one attached hydrogen (secondary N) is 1. The zero-order chi connectivity index (χ0) is 46.5. The van der Waals surface area contributed by atoms with Gasteiger partial charge < -0.3 is 30.0 Å². The molecular weight excluding hydrogens is 893 g/mol. The van der Waals surface area contributed by atoms with E-state index in [1.165, 1.54) is 46.8 Å². The molecule has 0 saturated carbocycles. The fourth-order valence-electron chi connectivity index (χ4n) is 6.93. The highest BCUT2D eigenvalue weighted by atomic mass is 32.2. The first-order valence-electron chi connectivity index (χ1n) is 20.2. The van der Waals surface area contributed by atoms with Crippen LogP contribution in [0.4, 0.5) is 9.93 Å². The summed E-state index contributed by atoms with van der Waals surface area (Å²) < 4.78 is 84.9. The van der Waals surface area contributed by atoms with Crippen LogP contribution in [-0.2, 0) is 44.2 Å². The maximum Gasteiger partial charge on any atom is 0.407 e. The first-order chi connectivity index (χ1) is 31.0.